The van der Waals surface area contributed by atoms with Gasteiger partial charge < -0.3 is 0 Å². The van der Waals surface area contributed by atoms with Crippen LogP contribution in [0.15, 0.2) is 12.1 Å². The SMILES string of the molecule is Clc1[c]c(C2CC2)c(Cl)cc1. The Bertz CT molecular complexity index is 277. The molecule has 1 aromatic rings. The third-order valence-corrected chi connectivity index (χ3v) is 2.42. The Hall–Kier alpha value is -0.200. The van der Waals surface area contributed by atoms with Gasteiger partial charge in [-0.15, -0.1) is 0 Å². The van der Waals surface area contributed by atoms with Gasteiger partial charge in [-0.25, -0.2) is 0 Å². The first-order valence-corrected chi connectivity index (χ1v) is 4.40. The van der Waals surface area contributed by atoms with Crippen LogP contribution in [0, 0.1) is 6.07 Å². The van der Waals surface area contributed by atoms with Crippen LogP contribution in [0.3, 0.4) is 0 Å². The third-order valence-electron chi connectivity index (χ3n) is 1.87. The van der Waals surface area contributed by atoms with Gasteiger partial charge in [-0.05, 0) is 36.5 Å². The molecule has 0 amide bonds. The van der Waals surface area contributed by atoms with Crippen molar-refractivity contribution >= 4 is 23.2 Å². The fourth-order valence-electron chi connectivity index (χ4n) is 1.14. The predicted octanol–water partition coefficient (Wildman–Crippen LogP) is 3.67. The van der Waals surface area contributed by atoms with E-state index in [1.54, 1.807) is 6.07 Å². The second-order valence-corrected chi connectivity index (χ2v) is 3.66. The van der Waals surface area contributed by atoms with E-state index in [-0.39, 0.29) is 0 Å². The fraction of sp³-hybridized carbons (Fsp3) is 0.333. The van der Waals surface area contributed by atoms with Gasteiger partial charge in [-0.2, -0.15) is 0 Å². The van der Waals surface area contributed by atoms with Crippen molar-refractivity contribution in [2.24, 2.45) is 0 Å². The molecular weight excluding hydrogens is 179 g/mol. The highest BCUT2D eigenvalue weighted by molar-refractivity contribution is 6.33. The molecule has 0 atom stereocenters. The van der Waals surface area contributed by atoms with Gasteiger partial charge >= 0.3 is 0 Å². The summed E-state index contributed by atoms with van der Waals surface area (Å²) in [5.74, 6) is 0.626. The molecule has 0 aliphatic heterocycles. The Balaban J connectivity index is 2.42. The lowest BCUT2D eigenvalue weighted by Gasteiger charge is -2.00. The van der Waals surface area contributed by atoms with Crippen LogP contribution in [0.2, 0.25) is 10.0 Å². The molecule has 2 heteroatoms. The minimum absolute atomic E-state index is 0.626. The molecule has 11 heavy (non-hydrogen) atoms. The average molecular weight is 186 g/mol. The molecule has 1 aliphatic carbocycles. The first kappa shape index (κ1) is 7.45. The fourth-order valence-corrected chi connectivity index (χ4v) is 1.56. The lowest BCUT2D eigenvalue weighted by atomic mass is 10.1. The molecule has 1 saturated carbocycles. The van der Waals surface area contributed by atoms with E-state index in [9.17, 15) is 0 Å². The number of benzene rings is 1. The Labute approximate surface area is 76.1 Å². The molecule has 0 aromatic heterocycles. The summed E-state index contributed by atoms with van der Waals surface area (Å²) < 4.78 is 0. The molecule has 1 radical (unpaired) electrons. The molecule has 57 valence electrons. The maximum absolute atomic E-state index is 5.94. The van der Waals surface area contributed by atoms with Gasteiger partial charge in [-0.3, -0.25) is 0 Å². The summed E-state index contributed by atoms with van der Waals surface area (Å²) in [6, 6.07) is 6.69. The van der Waals surface area contributed by atoms with Crippen LogP contribution in [0.1, 0.15) is 24.3 Å². The average Bonchev–Trinajstić information content (AvgIpc) is 2.76. The predicted molar refractivity (Wildman–Crippen MR) is 47.3 cm³/mol. The Kier molecular flexibility index (Phi) is 1.82. The van der Waals surface area contributed by atoms with E-state index in [4.69, 9.17) is 23.2 Å². The number of rotatable bonds is 1. The standard InChI is InChI=1S/C9H7Cl2/c10-7-3-4-9(11)8(5-7)6-1-2-6/h3-4,6H,1-2H2. The van der Waals surface area contributed by atoms with Gasteiger partial charge in [-0.1, -0.05) is 23.2 Å². The molecule has 0 saturated heterocycles. The van der Waals surface area contributed by atoms with Gasteiger partial charge in [0.25, 0.3) is 0 Å². The van der Waals surface area contributed by atoms with E-state index in [0.29, 0.717) is 10.9 Å². The molecule has 0 unspecified atom stereocenters. The lowest BCUT2D eigenvalue weighted by Crippen LogP contribution is -1.81. The van der Waals surface area contributed by atoms with E-state index >= 15 is 0 Å². The van der Waals surface area contributed by atoms with Crippen molar-refractivity contribution < 1.29 is 0 Å². The minimum Gasteiger partial charge on any atom is -0.0840 e. The molecule has 2 rings (SSSR count). The molecule has 0 bridgehead atoms. The molecule has 0 N–H and O–H groups in total. The normalized spacial score (nSPS) is 16.9. The number of hydrogen-bond donors (Lipinski definition) is 0. The largest absolute Gasteiger partial charge is 0.0840 e. The van der Waals surface area contributed by atoms with Gasteiger partial charge in [0.15, 0.2) is 0 Å². The minimum atomic E-state index is 0.626. The zero-order valence-corrected chi connectivity index (χ0v) is 7.41. The van der Waals surface area contributed by atoms with E-state index in [2.05, 4.69) is 6.07 Å². The van der Waals surface area contributed by atoms with Gasteiger partial charge in [0, 0.05) is 16.1 Å². The first-order chi connectivity index (χ1) is 5.27. The van der Waals surface area contributed by atoms with Crippen molar-refractivity contribution in [3.05, 3.63) is 33.8 Å². The molecule has 0 heterocycles. The van der Waals surface area contributed by atoms with Crippen LogP contribution in [0.25, 0.3) is 0 Å². The van der Waals surface area contributed by atoms with Crippen LogP contribution in [0.4, 0.5) is 0 Å². The Morgan fingerprint density at radius 2 is 2.00 bits per heavy atom. The summed E-state index contributed by atoms with van der Waals surface area (Å²) in [6.07, 6.45) is 2.47. The second kappa shape index (κ2) is 2.69. The summed E-state index contributed by atoms with van der Waals surface area (Å²) in [4.78, 5) is 0. The van der Waals surface area contributed by atoms with Crippen molar-refractivity contribution in [1.29, 1.82) is 0 Å². The lowest BCUT2D eigenvalue weighted by molar-refractivity contribution is 1.13. The molecular formula is C9H7Cl2. The van der Waals surface area contributed by atoms with E-state index in [1.807, 2.05) is 6.07 Å². The maximum Gasteiger partial charge on any atom is 0.0488 e. The molecule has 0 spiro atoms. The van der Waals surface area contributed by atoms with Crippen molar-refractivity contribution in [1.82, 2.24) is 0 Å². The molecule has 1 aromatic carbocycles. The molecule has 1 fully saturated rings. The highest BCUT2D eigenvalue weighted by Crippen LogP contribution is 2.43. The van der Waals surface area contributed by atoms with Crippen molar-refractivity contribution in [2.75, 3.05) is 0 Å². The summed E-state index contributed by atoms with van der Waals surface area (Å²) in [6.45, 7) is 0. The van der Waals surface area contributed by atoms with Crippen molar-refractivity contribution in [3.63, 3.8) is 0 Å². The zero-order valence-electron chi connectivity index (χ0n) is 5.90. The van der Waals surface area contributed by atoms with Gasteiger partial charge in [0.05, 0.1) is 0 Å². The van der Waals surface area contributed by atoms with E-state index < -0.39 is 0 Å². The summed E-state index contributed by atoms with van der Waals surface area (Å²) in [7, 11) is 0. The Morgan fingerprint density at radius 1 is 1.27 bits per heavy atom. The maximum atomic E-state index is 5.94. The number of halogens is 2. The highest BCUT2D eigenvalue weighted by atomic mass is 35.5. The van der Waals surface area contributed by atoms with Crippen LogP contribution < -0.4 is 0 Å². The molecule has 1 aliphatic rings. The number of hydrogen-bond acceptors (Lipinski definition) is 0. The summed E-state index contributed by atoms with van der Waals surface area (Å²) in [5.41, 5.74) is 1.10. The topological polar surface area (TPSA) is 0 Å². The van der Waals surface area contributed by atoms with E-state index in [1.165, 1.54) is 12.8 Å². The summed E-state index contributed by atoms with van der Waals surface area (Å²) >= 11 is 11.7. The van der Waals surface area contributed by atoms with Crippen molar-refractivity contribution in [3.8, 4) is 0 Å². The van der Waals surface area contributed by atoms with Crippen molar-refractivity contribution in [2.45, 2.75) is 18.8 Å². The smallest absolute Gasteiger partial charge is 0.0488 e. The monoisotopic (exact) mass is 185 g/mol. The zero-order chi connectivity index (χ0) is 7.84. The van der Waals surface area contributed by atoms with Crippen LogP contribution in [0.5, 0.6) is 0 Å². The van der Waals surface area contributed by atoms with Crippen LogP contribution in [-0.4, -0.2) is 0 Å². The van der Waals surface area contributed by atoms with Crippen LogP contribution >= 0.6 is 23.2 Å². The first-order valence-electron chi connectivity index (χ1n) is 3.64. The second-order valence-electron chi connectivity index (χ2n) is 2.84. The highest BCUT2D eigenvalue weighted by Gasteiger charge is 2.25. The molecule has 0 nitrogen and oxygen atoms in total. The van der Waals surface area contributed by atoms with Gasteiger partial charge in [0.1, 0.15) is 0 Å². The van der Waals surface area contributed by atoms with E-state index in [0.717, 1.165) is 10.6 Å². The summed E-state index contributed by atoms with van der Waals surface area (Å²) in [5, 5.41) is 1.47. The Morgan fingerprint density at radius 3 is 2.64 bits per heavy atom. The third kappa shape index (κ3) is 1.52. The quantitative estimate of drug-likeness (QED) is 0.627. The van der Waals surface area contributed by atoms with Gasteiger partial charge in [0.2, 0.25) is 0 Å². The van der Waals surface area contributed by atoms with Crippen LogP contribution in [-0.2, 0) is 0 Å².